The normalized spacial score (nSPS) is 23.4. The van der Waals surface area contributed by atoms with Gasteiger partial charge in [0.2, 0.25) is 5.88 Å². The van der Waals surface area contributed by atoms with Crippen LogP contribution in [0.2, 0.25) is 0 Å². The van der Waals surface area contributed by atoms with Crippen LogP contribution in [0.25, 0.3) is 0 Å². The Labute approximate surface area is 122 Å². The lowest BCUT2D eigenvalue weighted by molar-refractivity contribution is -0.00228. The van der Waals surface area contributed by atoms with Gasteiger partial charge in [0, 0.05) is 18.4 Å². The molecule has 0 aliphatic carbocycles. The quantitative estimate of drug-likeness (QED) is 0.775. The van der Waals surface area contributed by atoms with Crippen LogP contribution in [0.5, 0.6) is 5.88 Å². The van der Waals surface area contributed by atoms with E-state index in [9.17, 15) is 0 Å². The maximum atomic E-state index is 5.81. The third kappa shape index (κ3) is 4.04. The number of rotatable bonds is 5. The Morgan fingerprint density at radius 3 is 3.05 bits per heavy atom. The van der Waals surface area contributed by atoms with Crippen molar-refractivity contribution in [2.75, 3.05) is 29.9 Å². The molecule has 2 heterocycles. The van der Waals surface area contributed by atoms with Crippen molar-refractivity contribution in [3.63, 3.8) is 0 Å². The molecule has 2 unspecified atom stereocenters. The van der Waals surface area contributed by atoms with E-state index in [1.807, 2.05) is 0 Å². The molecule has 0 N–H and O–H groups in total. The molecular weight excluding hydrogens is 310 g/mol. The van der Waals surface area contributed by atoms with Crippen LogP contribution < -0.4 is 9.64 Å². The fourth-order valence-electron chi connectivity index (χ4n) is 2.08. The van der Waals surface area contributed by atoms with Crippen LogP contribution in [-0.4, -0.2) is 47.2 Å². The van der Waals surface area contributed by atoms with Gasteiger partial charge in [-0.2, -0.15) is 4.98 Å². The summed E-state index contributed by atoms with van der Waals surface area (Å²) in [6, 6.07) is 0. The molecule has 1 saturated heterocycles. The number of halogens is 1. The summed E-state index contributed by atoms with van der Waals surface area (Å²) in [7, 11) is 0. The summed E-state index contributed by atoms with van der Waals surface area (Å²) in [5.41, 5.74) is 0. The van der Waals surface area contributed by atoms with Crippen LogP contribution in [-0.2, 0) is 4.74 Å². The summed E-state index contributed by atoms with van der Waals surface area (Å²) >= 11 is 3.47. The van der Waals surface area contributed by atoms with Crippen molar-refractivity contribution in [2.45, 2.75) is 32.5 Å². The number of hydrogen-bond donors (Lipinski definition) is 0. The first kappa shape index (κ1) is 14.5. The Kier molecular flexibility index (Phi) is 5.39. The molecule has 1 fully saturated rings. The lowest BCUT2D eigenvalue weighted by Crippen LogP contribution is -2.47. The topological polar surface area (TPSA) is 47.5 Å². The van der Waals surface area contributed by atoms with E-state index in [1.165, 1.54) is 0 Å². The monoisotopic (exact) mass is 329 g/mol. The van der Waals surface area contributed by atoms with Crippen molar-refractivity contribution in [1.29, 1.82) is 0 Å². The van der Waals surface area contributed by atoms with Crippen LogP contribution in [0.1, 0.15) is 20.3 Å². The molecule has 19 heavy (non-hydrogen) atoms. The highest BCUT2D eigenvalue weighted by Gasteiger charge is 2.25. The van der Waals surface area contributed by atoms with Gasteiger partial charge in [0.15, 0.2) is 5.82 Å². The highest BCUT2D eigenvalue weighted by atomic mass is 79.9. The molecule has 0 bridgehead atoms. The van der Waals surface area contributed by atoms with E-state index in [0.717, 1.165) is 30.7 Å². The Hall–Kier alpha value is -0.880. The molecule has 2 atom stereocenters. The summed E-state index contributed by atoms with van der Waals surface area (Å²) in [6.45, 7) is 6.47. The van der Waals surface area contributed by atoms with Crippen LogP contribution >= 0.6 is 15.9 Å². The first-order valence-electron chi connectivity index (χ1n) is 6.64. The molecule has 5 nitrogen and oxygen atoms in total. The number of anilines is 1. The average Bonchev–Trinajstić information content (AvgIpc) is 2.44. The molecule has 2 rings (SSSR count). The Morgan fingerprint density at radius 2 is 2.32 bits per heavy atom. The predicted molar refractivity (Wildman–Crippen MR) is 78.2 cm³/mol. The van der Waals surface area contributed by atoms with Crippen molar-refractivity contribution in [2.24, 2.45) is 0 Å². The molecule has 0 aromatic carbocycles. The summed E-state index contributed by atoms with van der Waals surface area (Å²) in [5.74, 6) is 1.45. The second kappa shape index (κ2) is 7.05. The minimum absolute atomic E-state index is 0.186. The highest BCUT2D eigenvalue weighted by molar-refractivity contribution is 9.09. The summed E-state index contributed by atoms with van der Waals surface area (Å²) in [6.07, 6.45) is 4.78. The van der Waals surface area contributed by atoms with Gasteiger partial charge in [-0.15, -0.1) is 0 Å². The van der Waals surface area contributed by atoms with Crippen molar-refractivity contribution in [3.8, 4) is 5.88 Å². The van der Waals surface area contributed by atoms with Crippen molar-refractivity contribution >= 4 is 21.7 Å². The zero-order valence-electron chi connectivity index (χ0n) is 11.4. The van der Waals surface area contributed by atoms with Gasteiger partial charge in [0.05, 0.1) is 31.2 Å². The summed E-state index contributed by atoms with van der Waals surface area (Å²) in [5, 5.41) is 0.827. The van der Waals surface area contributed by atoms with Crippen LogP contribution in [0.4, 0.5) is 5.82 Å². The number of nitrogens with zero attached hydrogens (tertiary/aromatic N) is 3. The van der Waals surface area contributed by atoms with E-state index in [-0.39, 0.29) is 12.2 Å². The summed E-state index contributed by atoms with van der Waals surface area (Å²) in [4.78, 5) is 10.9. The maximum absolute atomic E-state index is 5.81. The first-order chi connectivity index (χ1) is 9.22. The van der Waals surface area contributed by atoms with Crippen molar-refractivity contribution in [3.05, 3.63) is 12.4 Å². The Morgan fingerprint density at radius 1 is 1.47 bits per heavy atom. The average molecular weight is 330 g/mol. The number of alkyl halides is 1. The standard InChI is InChI=1S/C13H20BrN3O2/c1-3-4-18-13-7-15-6-12(16-13)17-8-10(2)19-11(5-14)9-17/h6-7,10-11H,3-5,8-9H2,1-2H3. The molecule has 0 spiro atoms. The van der Waals surface area contributed by atoms with E-state index < -0.39 is 0 Å². The van der Waals surface area contributed by atoms with E-state index in [1.54, 1.807) is 12.4 Å². The van der Waals surface area contributed by atoms with E-state index >= 15 is 0 Å². The zero-order valence-corrected chi connectivity index (χ0v) is 13.0. The van der Waals surface area contributed by atoms with Gasteiger partial charge < -0.3 is 14.4 Å². The van der Waals surface area contributed by atoms with E-state index in [2.05, 4.69) is 44.6 Å². The van der Waals surface area contributed by atoms with Crippen LogP contribution in [0.3, 0.4) is 0 Å². The molecule has 1 aromatic heterocycles. The number of ether oxygens (including phenoxy) is 2. The van der Waals surface area contributed by atoms with Crippen LogP contribution in [0, 0.1) is 0 Å². The second-order valence-corrected chi connectivity index (χ2v) is 5.34. The van der Waals surface area contributed by atoms with Crippen LogP contribution in [0.15, 0.2) is 12.4 Å². The van der Waals surface area contributed by atoms with Gasteiger partial charge in [-0.05, 0) is 13.3 Å². The third-order valence-electron chi connectivity index (χ3n) is 2.88. The molecule has 0 amide bonds. The van der Waals surface area contributed by atoms with Gasteiger partial charge in [-0.25, -0.2) is 0 Å². The fraction of sp³-hybridized carbons (Fsp3) is 0.692. The highest BCUT2D eigenvalue weighted by Crippen LogP contribution is 2.20. The fourth-order valence-corrected chi connectivity index (χ4v) is 2.44. The van der Waals surface area contributed by atoms with Crippen molar-refractivity contribution in [1.82, 2.24) is 9.97 Å². The third-order valence-corrected chi connectivity index (χ3v) is 3.60. The summed E-state index contributed by atoms with van der Waals surface area (Å²) < 4.78 is 11.3. The maximum Gasteiger partial charge on any atom is 0.234 e. The molecule has 106 valence electrons. The Bertz CT molecular complexity index is 405. The molecule has 1 aliphatic rings. The number of morpholine rings is 1. The molecule has 0 saturated carbocycles. The van der Waals surface area contributed by atoms with E-state index in [0.29, 0.717) is 12.5 Å². The van der Waals surface area contributed by atoms with Gasteiger partial charge >= 0.3 is 0 Å². The molecule has 0 radical (unpaired) electrons. The lowest BCUT2D eigenvalue weighted by Gasteiger charge is -2.36. The molecule has 6 heteroatoms. The molecule has 1 aliphatic heterocycles. The Balaban J connectivity index is 2.07. The smallest absolute Gasteiger partial charge is 0.234 e. The largest absolute Gasteiger partial charge is 0.477 e. The second-order valence-electron chi connectivity index (χ2n) is 4.69. The first-order valence-corrected chi connectivity index (χ1v) is 7.76. The lowest BCUT2D eigenvalue weighted by atomic mass is 10.2. The minimum Gasteiger partial charge on any atom is -0.477 e. The molecular formula is C13H20BrN3O2. The predicted octanol–water partition coefficient (Wildman–Crippen LogP) is 2.25. The van der Waals surface area contributed by atoms with Gasteiger partial charge in [-0.1, -0.05) is 22.9 Å². The number of hydrogen-bond acceptors (Lipinski definition) is 5. The van der Waals surface area contributed by atoms with Crippen molar-refractivity contribution < 1.29 is 9.47 Å². The SMILES string of the molecule is CCCOc1cncc(N2CC(C)OC(CBr)C2)n1. The minimum atomic E-state index is 0.186. The van der Waals surface area contributed by atoms with Gasteiger partial charge in [0.1, 0.15) is 0 Å². The zero-order chi connectivity index (χ0) is 13.7. The number of aromatic nitrogens is 2. The molecule has 1 aromatic rings. The van der Waals surface area contributed by atoms with Gasteiger partial charge in [0.25, 0.3) is 0 Å². The van der Waals surface area contributed by atoms with E-state index in [4.69, 9.17) is 9.47 Å². The van der Waals surface area contributed by atoms with Gasteiger partial charge in [-0.3, -0.25) is 4.98 Å².